The molecule has 1 aromatic carbocycles. The van der Waals surface area contributed by atoms with Gasteiger partial charge in [0.05, 0.1) is 3.57 Å². The summed E-state index contributed by atoms with van der Waals surface area (Å²) >= 11 is 2.10. The van der Waals surface area contributed by atoms with Gasteiger partial charge in [0.25, 0.3) is 0 Å². The molecule has 1 rings (SSSR count). The molecule has 0 heterocycles. The number of para-hydroxylation sites is 1. The molecule has 0 spiro atoms. The number of halogens is 1. The Hall–Kier alpha value is -0.780. The molecule has 0 radical (unpaired) electrons. The molecule has 0 saturated heterocycles. The molecule has 0 bridgehead atoms. The number of hydrogen-bond acceptors (Lipinski definition) is 3. The smallest absolute Gasteiger partial charge is 0.428 e. The van der Waals surface area contributed by atoms with Gasteiger partial charge in [0.2, 0.25) is 0 Å². The van der Waals surface area contributed by atoms with Crippen molar-refractivity contribution in [2.75, 3.05) is 0 Å². The van der Waals surface area contributed by atoms with Crippen LogP contribution in [0.25, 0.3) is 0 Å². The first-order valence-electron chi connectivity index (χ1n) is 4.54. The SMILES string of the molecule is CC(C)(C)OC(=O)Oc1ccccc1I. The van der Waals surface area contributed by atoms with E-state index in [4.69, 9.17) is 9.47 Å². The monoisotopic (exact) mass is 320 g/mol. The summed E-state index contributed by atoms with van der Waals surface area (Å²) in [6, 6.07) is 7.28. The number of ether oxygens (including phenoxy) is 2. The van der Waals surface area contributed by atoms with E-state index >= 15 is 0 Å². The zero-order valence-corrected chi connectivity index (χ0v) is 11.1. The second kappa shape index (κ2) is 4.83. The molecule has 0 atom stereocenters. The fourth-order valence-corrected chi connectivity index (χ4v) is 1.39. The standard InChI is InChI=1S/C11H13IO3/c1-11(2,3)15-10(13)14-9-7-5-4-6-8(9)12/h4-7H,1-3H3. The van der Waals surface area contributed by atoms with Crippen molar-refractivity contribution in [3.8, 4) is 5.75 Å². The van der Waals surface area contributed by atoms with E-state index < -0.39 is 11.8 Å². The third kappa shape index (κ3) is 4.51. The van der Waals surface area contributed by atoms with Gasteiger partial charge in [-0.3, -0.25) is 0 Å². The first-order chi connectivity index (χ1) is 6.88. The van der Waals surface area contributed by atoms with Crippen LogP contribution < -0.4 is 4.74 Å². The van der Waals surface area contributed by atoms with Crippen molar-refractivity contribution in [2.45, 2.75) is 26.4 Å². The molecular weight excluding hydrogens is 307 g/mol. The molecular formula is C11H13IO3. The molecule has 0 aliphatic rings. The summed E-state index contributed by atoms with van der Waals surface area (Å²) in [7, 11) is 0. The molecule has 3 nitrogen and oxygen atoms in total. The van der Waals surface area contributed by atoms with Gasteiger partial charge in [-0.15, -0.1) is 0 Å². The lowest BCUT2D eigenvalue weighted by molar-refractivity contribution is 0.0204. The van der Waals surface area contributed by atoms with Crippen LogP contribution in [0.3, 0.4) is 0 Å². The van der Waals surface area contributed by atoms with E-state index in [0.717, 1.165) is 3.57 Å². The van der Waals surface area contributed by atoms with E-state index in [1.807, 2.05) is 18.2 Å². The Bertz CT molecular complexity index is 355. The first kappa shape index (κ1) is 12.3. The van der Waals surface area contributed by atoms with E-state index in [1.165, 1.54) is 0 Å². The number of hydrogen-bond donors (Lipinski definition) is 0. The van der Waals surface area contributed by atoms with Crippen LogP contribution in [0.4, 0.5) is 4.79 Å². The van der Waals surface area contributed by atoms with Crippen molar-refractivity contribution >= 4 is 28.7 Å². The predicted molar refractivity (Wildman–Crippen MR) is 66.0 cm³/mol. The minimum absolute atomic E-state index is 0.521. The Morgan fingerprint density at radius 1 is 1.27 bits per heavy atom. The Kier molecular flexibility index (Phi) is 3.96. The second-order valence-electron chi connectivity index (χ2n) is 4.00. The van der Waals surface area contributed by atoms with Crippen LogP contribution in [0.15, 0.2) is 24.3 Å². The molecule has 1 aromatic rings. The molecule has 0 aliphatic heterocycles. The van der Waals surface area contributed by atoms with E-state index in [-0.39, 0.29) is 0 Å². The highest BCUT2D eigenvalue weighted by molar-refractivity contribution is 14.1. The van der Waals surface area contributed by atoms with Crippen LogP contribution >= 0.6 is 22.6 Å². The summed E-state index contributed by atoms with van der Waals surface area (Å²) in [6.45, 7) is 5.39. The van der Waals surface area contributed by atoms with Gasteiger partial charge in [0.1, 0.15) is 11.4 Å². The van der Waals surface area contributed by atoms with Crippen molar-refractivity contribution in [2.24, 2.45) is 0 Å². The average Bonchev–Trinajstić information content (AvgIpc) is 2.05. The van der Waals surface area contributed by atoms with Gasteiger partial charge in [-0.05, 0) is 55.5 Å². The fraction of sp³-hybridized carbons (Fsp3) is 0.364. The number of benzene rings is 1. The maximum absolute atomic E-state index is 11.3. The van der Waals surface area contributed by atoms with Gasteiger partial charge in [-0.1, -0.05) is 12.1 Å². The van der Waals surface area contributed by atoms with Crippen LogP contribution in [-0.2, 0) is 4.74 Å². The Morgan fingerprint density at radius 2 is 1.87 bits per heavy atom. The van der Waals surface area contributed by atoms with E-state index in [0.29, 0.717) is 5.75 Å². The zero-order chi connectivity index (χ0) is 11.5. The number of carbonyl (C=O) groups excluding carboxylic acids is 1. The van der Waals surface area contributed by atoms with Gasteiger partial charge in [0, 0.05) is 0 Å². The maximum atomic E-state index is 11.3. The van der Waals surface area contributed by atoms with Crippen molar-refractivity contribution in [3.63, 3.8) is 0 Å². The topological polar surface area (TPSA) is 35.5 Å². The minimum Gasteiger partial charge on any atom is -0.428 e. The molecule has 0 saturated carbocycles. The van der Waals surface area contributed by atoms with Crippen LogP contribution in [-0.4, -0.2) is 11.8 Å². The van der Waals surface area contributed by atoms with Crippen LogP contribution in [0.1, 0.15) is 20.8 Å². The summed E-state index contributed by atoms with van der Waals surface area (Å²) in [5.74, 6) is 0.521. The largest absolute Gasteiger partial charge is 0.514 e. The molecule has 15 heavy (non-hydrogen) atoms. The summed E-state index contributed by atoms with van der Waals surface area (Å²) in [5, 5.41) is 0. The van der Waals surface area contributed by atoms with E-state index in [1.54, 1.807) is 26.8 Å². The highest BCUT2D eigenvalue weighted by Gasteiger charge is 2.18. The second-order valence-corrected chi connectivity index (χ2v) is 5.16. The third-order valence-corrected chi connectivity index (χ3v) is 2.31. The average molecular weight is 320 g/mol. The molecule has 0 fully saturated rings. The lowest BCUT2D eigenvalue weighted by Gasteiger charge is -2.18. The van der Waals surface area contributed by atoms with Crippen molar-refractivity contribution < 1.29 is 14.3 Å². The maximum Gasteiger partial charge on any atom is 0.514 e. The summed E-state index contributed by atoms with van der Waals surface area (Å²) in [4.78, 5) is 11.3. The van der Waals surface area contributed by atoms with Crippen molar-refractivity contribution in [1.82, 2.24) is 0 Å². The fourth-order valence-electron chi connectivity index (χ4n) is 0.888. The molecule has 0 aromatic heterocycles. The van der Waals surface area contributed by atoms with Gasteiger partial charge in [0.15, 0.2) is 0 Å². The number of carbonyl (C=O) groups is 1. The lowest BCUT2D eigenvalue weighted by atomic mass is 10.2. The lowest BCUT2D eigenvalue weighted by Crippen LogP contribution is -2.26. The summed E-state index contributed by atoms with van der Waals surface area (Å²) < 4.78 is 11.0. The van der Waals surface area contributed by atoms with Gasteiger partial charge in [-0.2, -0.15) is 0 Å². The molecule has 0 N–H and O–H groups in total. The van der Waals surface area contributed by atoms with Crippen LogP contribution in [0.5, 0.6) is 5.75 Å². The van der Waals surface area contributed by atoms with Crippen molar-refractivity contribution in [3.05, 3.63) is 27.8 Å². The van der Waals surface area contributed by atoms with Crippen LogP contribution in [0.2, 0.25) is 0 Å². The van der Waals surface area contributed by atoms with E-state index in [9.17, 15) is 4.79 Å². The Labute approximate surface area is 103 Å². The van der Waals surface area contributed by atoms with E-state index in [2.05, 4.69) is 22.6 Å². The first-order valence-corrected chi connectivity index (χ1v) is 5.62. The third-order valence-electron chi connectivity index (χ3n) is 1.42. The molecule has 4 heteroatoms. The highest BCUT2D eigenvalue weighted by atomic mass is 127. The number of rotatable bonds is 1. The van der Waals surface area contributed by atoms with Gasteiger partial charge < -0.3 is 9.47 Å². The highest BCUT2D eigenvalue weighted by Crippen LogP contribution is 2.21. The normalized spacial score (nSPS) is 10.9. The molecule has 0 aliphatic carbocycles. The zero-order valence-electron chi connectivity index (χ0n) is 8.91. The molecule has 0 unspecified atom stereocenters. The van der Waals surface area contributed by atoms with Crippen LogP contribution in [0, 0.1) is 3.57 Å². The van der Waals surface area contributed by atoms with Gasteiger partial charge in [-0.25, -0.2) is 4.79 Å². The Morgan fingerprint density at radius 3 is 2.40 bits per heavy atom. The molecule has 0 amide bonds. The van der Waals surface area contributed by atoms with Gasteiger partial charge >= 0.3 is 6.16 Å². The minimum atomic E-state index is -0.674. The Balaban J connectivity index is 2.64. The summed E-state index contributed by atoms with van der Waals surface area (Å²) in [6.07, 6.45) is -0.674. The predicted octanol–water partition coefficient (Wildman–Crippen LogP) is 3.61. The summed E-state index contributed by atoms with van der Waals surface area (Å²) in [5.41, 5.74) is -0.530. The molecule has 82 valence electrons. The van der Waals surface area contributed by atoms with Crippen molar-refractivity contribution in [1.29, 1.82) is 0 Å². The quantitative estimate of drug-likeness (QED) is 0.450.